The van der Waals surface area contributed by atoms with Crippen LogP contribution in [0, 0.1) is 11.6 Å². The molecule has 5 heteroatoms. The van der Waals surface area contributed by atoms with Gasteiger partial charge in [-0.25, -0.2) is 8.78 Å². The fourth-order valence-corrected chi connectivity index (χ4v) is 1.54. The zero-order valence-electron chi connectivity index (χ0n) is 11.5. The zero-order chi connectivity index (χ0) is 15.0. The van der Waals surface area contributed by atoms with E-state index in [9.17, 15) is 13.6 Å². The third-order valence-electron chi connectivity index (χ3n) is 2.34. The summed E-state index contributed by atoms with van der Waals surface area (Å²) in [5, 5.41) is 0.431. The molecule has 0 saturated carbocycles. The van der Waals surface area contributed by atoms with Crippen LogP contribution >= 0.6 is 0 Å². The van der Waals surface area contributed by atoms with Gasteiger partial charge in [-0.3, -0.25) is 4.79 Å². The quantitative estimate of drug-likeness (QED) is 0.646. The minimum absolute atomic E-state index is 0.0905. The van der Waals surface area contributed by atoms with E-state index in [1.807, 2.05) is 19.7 Å². The van der Waals surface area contributed by atoms with Crippen LogP contribution in [-0.2, 0) is 0 Å². The molecule has 0 aliphatic heterocycles. The number of H-pyrrole nitrogens is 1. The maximum absolute atomic E-state index is 13.0. The van der Waals surface area contributed by atoms with E-state index in [1.54, 1.807) is 6.92 Å². The Hall–Kier alpha value is -1.19. The molecular formula is C14H18F2NOSe. The molecule has 0 aliphatic carbocycles. The number of fused-ring (bicyclic) bond motifs is 1. The Morgan fingerprint density at radius 3 is 2.26 bits per heavy atom. The molecule has 0 bridgehead atoms. The zero-order valence-corrected chi connectivity index (χ0v) is 13.2. The van der Waals surface area contributed by atoms with Crippen molar-refractivity contribution in [3.8, 4) is 0 Å². The first kappa shape index (κ1) is 17.8. The van der Waals surface area contributed by atoms with Crippen LogP contribution in [0.3, 0.4) is 0 Å². The Morgan fingerprint density at radius 1 is 1.21 bits per heavy atom. The normalized spacial score (nSPS) is 9.21. The summed E-state index contributed by atoms with van der Waals surface area (Å²) in [4.78, 5) is 14.2. The van der Waals surface area contributed by atoms with E-state index in [2.05, 4.69) is 21.0 Å². The van der Waals surface area contributed by atoms with Gasteiger partial charge in [-0.05, 0) is 6.07 Å². The molecule has 1 heterocycles. The van der Waals surface area contributed by atoms with Crippen LogP contribution < -0.4 is 0 Å². The van der Waals surface area contributed by atoms with E-state index in [4.69, 9.17) is 0 Å². The molecule has 105 valence electrons. The van der Waals surface area contributed by atoms with Crippen molar-refractivity contribution in [2.45, 2.75) is 33.0 Å². The van der Waals surface area contributed by atoms with Crippen molar-refractivity contribution in [3.63, 3.8) is 0 Å². The first-order valence-corrected chi connectivity index (χ1v) is 7.75. The van der Waals surface area contributed by atoms with Crippen molar-refractivity contribution in [2.75, 3.05) is 0 Å². The van der Waals surface area contributed by atoms with Gasteiger partial charge in [0, 0.05) is 35.2 Å². The summed E-state index contributed by atoms with van der Waals surface area (Å²) in [5.41, 5.74) is 0.845. The summed E-state index contributed by atoms with van der Waals surface area (Å²) in [6.07, 6.45) is 1.82. The van der Waals surface area contributed by atoms with Gasteiger partial charge in [0.05, 0.1) is 0 Å². The number of hydrogen-bond acceptors (Lipinski definition) is 1. The number of benzene rings is 1. The van der Waals surface area contributed by atoms with Gasteiger partial charge in [-0.1, -0.05) is 20.8 Å². The standard InChI is InChI=1S/C11H9F2NO.C2H6.CH3Se/c1-2-11(15)7-5-14-10-4-9(13)8(12)3-6(7)10;2*1-2/h3-5,14H,2H2,1H3;1-2H3;1H3. The molecular weight excluding hydrogens is 315 g/mol. The fourth-order valence-electron chi connectivity index (χ4n) is 1.54. The first-order chi connectivity index (χ1) is 9.13. The van der Waals surface area contributed by atoms with Crippen molar-refractivity contribution < 1.29 is 13.6 Å². The average Bonchev–Trinajstić information content (AvgIpc) is 2.86. The number of rotatable bonds is 2. The molecule has 0 unspecified atom stereocenters. The van der Waals surface area contributed by atoms with Crippen molar-refractivity contribution in [2.24, 2.45) is 0 Å². The topological polar surface area (TPSA) is 32.9 Å². The molecule has 1 N–H and O–H groups in total. The molecule has 0 saturated heterocycles. The van der Waals surface area contributed by atoms with Gasteiger partial charge in [0.2, 0.25) is 0 Å². The van der Waals surface area contributed by atoms with E-state index in [0.717, 1.165) is 12.1 Å². The molecule has 0 spiro atoms. The van der Waals surface area contributed by atoms with E-state index < -0.39 is 11.6 Å². The predicted molar refractivity (Wildman–Crippen MR) is 75.8 cm³/mol. The summed E-state index contributed by atoms with van der Waals surface area (Å²) >= 11 is 2.62. The average molecular weight is 333 g/mol. The minimum atomic E-state index is -0.938. The van der Waals surface area contributed by atoms with Crippen LogP contribution in [0.4, 0.5) is 8.78 Å². The Bertz CT molecular complexity index is 537. The van der Waals surface area contributed by atoms with Gasteiger partial charge < -0.3 is 4.98 Å². The van der Waals surface area contributed by atoms with Crippen LogP contribution in [0.2, 0.25) is 5.82 Å². The molecule has 1 aromatic carbocycles. The maximum atomic E-state index is 13.0. The number of aromatic amines is 1. The van der Waals surface area contributed by atoms with Gasteiger partial charge in [-0.2, -0.15) is 0 Å². The molecule has 0 amide bonds. The summed E-state index contributed by atoms with van der Waals surface area (Å²) in [6, 6.07) is 2.10. The van der Waals surface area contributed by atoms with E-state index in [1.165, 1.54) is 6.20 Å². The second-order valence-electron chi connectivity index (χ2n) is 3.29. The van der Waals surface area contributed by atoms with Gasteiger partial charge in [0.15, 0.2) is 17.4 Å². The van der Waals surface area contributed by atoms with Crippen molar-refractivity contribution >= 4 is 32.7 Å². The van der Waals surface area contributed by atoms with Gasteiger partial charge >= 0.3 is 21.8 Å². The van der Waals surface area contributed by atoms with Crippen LogP contribution in [0.5, 0.6) is 0 Å². The molecule has 2 nitrogen and oxygen atoms in total. The Kier molecular flexibility index (Phi) is 8.28. The van der Waals surface area contributed by atoms with Gasteiger partial charge in [0.1, 0.15) is 0 Å². The monoisotopic (exact) mass is 334 g/mol. The van der Waals surface area contributed by atoms with Crippen LogP contribution in [0.25, 0.3) is 10.9 Å². The number of carbonyl (C=O) groups is 1. The number of carbonyl (C=O) groups excluding carboxylic acids is 1. The van der Waals surface area contributed by atoms with Crippen molar-refractivity contribution in [3.05, 3.63) is 35.5 Å². The molecule has 0 fully saturated rings. The SMILES string of the molecule is CC.CCC(=O)c1c[nH]c2cc(F)c(F)cc12.C[Se]. The van der Waals surface area contributed by atoms with E-state index in [0.29, 0.717) is 22.9 Å². The van der Waals surface area contributed by atoms with Crippen LogP contribution in [0.15, 0.2) is 18.3 Å². The summed E-state index contributed by atoms with van der Waals surface area (Å²) in [6.45, 7) is 5.72. The van der Waals surface area contributed by atoms with Gasteiger partial charge in [-0.15, -0.1) is 0 Å². The number of ketones is 1. The Balaban J connectivity index is 0.000000741. The third-order valence-corrected chi connectivity index (χ3v) is 2.34. The molecule has 19 heavy (non-hydrogen) atoms. The molecule has 2 rings (SSSR count). The first-order valence-electron chi connectivity index (χ1n) is 6.03. The second kappa shape index (κ2) is 8.83. The van der Waals surface area contributed by atoms with Crippen LogP contribution in [-0.4, -0.2) is 26.8 Å². The fraction of sp³-hybridized carbons (Fsp3) is 0.357. The number of nitrogens with one attached hydrogen (secondary N) is 1. The van der Waals surface area contributed by atoms with E-state index in [-0.39, 0.29) is 5.78 Å². The molecule has 0 atom stereocenters. The number of aromatic nitrogens is 1. The Labute approximate surface area is 120 Å². The van der Waals surface area contributed by atoms with Crippen molar-refractivity contribution in [1.82, 2.24) is 4.98 Å². The predicted octanol–water partition coefficient (Wildman–Crippen LogP) is 4.27. The molecule has 1 aromatic heterocycles. The number of Topliss-reactive ketones (excluding diaryl/α,β-unsaturated/α-hetero) is 1. The van der Waals surface area contributed by atoms with Gasteiger partial charge in [0.25, 0.3) is 0 Å². The molecule has 2 aromatic rings. The van der Waals surface area contributed by atoms with Crippen LogP contribution in [0.1, 0.15) is 37.6 Å². The molecule has 1 radical (unpaired) electrons. The summed E-state index contributed by atoms with van der Waals surface area (Å²) < 4.78 is 25.8. The second-order valence-corrected chi connectivity index (χ2v) is 3.29. The van der Waals surface area contributed by atoms with Crippen molar-refractivity contribution in [1.29, 1.82) is 0 Å². The number of hydrogen-bond donors (Lipinski definition) is 1. The number of halogens is 2. The Morgan fingerprint density at radius 2 is 1.74 bits per heavy atom. The summed E-state index contributed by atoms with van der Waals surface area (Å²) in [5.74, 6) is -0.0700. The third kappa shape index (κ3) is 4.15. The molecule has 0 aliphatic rings. The summed E-state index contributed by atoms with van der Waals surface area (Å²) in [7, 11) is 0. The van der Waals surface area contributed by atoms with E-state index >= 15 is 0 Å².